The largest absolute Gasteiger partial charge is 0.492 e. The third kappa shape index (κ3) is 4.18. The lowest BCUT2D eigenvalue weighted by Crippen LogP contribution is -2.39. The van der Waals surface area contributed by atoms with Crippen molar-refractivity contribution in [3.8, 4) is 5.75 Å². The number of carbonyl (C=O) groups excluding carboxylic acids is 1. The van der Waals surface area contributed by atoms with Gasteiger partial charge >= 0.3 is 0 Å². The van der Waals surface area contributed by atoms with Crippen molar-refractivity contribution >= 4 is 32.6 Å². The van der Waals surface area contributed by atoms with Gasteiger partial charge < -0.3 is 9.64 Å². The number of rotatable bonds is 9. The Labute approximate surface area is 169 Å². The van der Waals surface area contributed by atoms with Crippen LogP contribution in [0.3, 0.4) is 0 Å². The summed E-state index contributed by atoms with van der Waals surface area (Å²) in [5.41, 5.74) is 1.35. The normalized spacial score (nSPS) is 11.3. The molecule has 0 atom stereocenters. The summed E-state index contributed by atoms with van der Waals surface area (Å²) in [6, 6.07) is 7.62. The fraction of sp³-hybridized carbons (Fsp3) is 0.450. The fourth-order valence-electron chi connectivity index (χ4n) is 3.09. The van der Waals surface area contributed by atoms with Crippen molar-refractivity contribution in [2.75, 3.05) is 37.7 Å². The van der Waals surface area contributed by atoms with E-state index < -0.39 is 0 Å². The summed E-state index contributed by atoms with van der Waals surface area (Å²) in [5.74, 6) is 0.656. The van der Waals surface area contributed by atoms with Crippen LogP contribution >= 0.6 is 11.3 Å². The smallest absolute Gasteiger partial charge is 0.278 e. The van der Waals surface area contributed by atoms with E-state index in [0.717, 1.165) is 35.6 Å². The zero-order valence-corrected chi connectivity index (χ0v) is 17.7. The minimum atomic E-state index is -0.0934. The van der Waals surface area contributed by atoms with Crippen molar-refractivity contribution in [1.82, 2.24) is 19.7 Å². The van der Waals surface area contributed by atoms with Crippen molar-refractivity contribution in [3.05, 3.63) is 36.2 Å². The molecule has 0 fully saturated rings. The Balaban J connectivity index is 1.98. The number of ether oxygens (including phenoxy) is 1. The van der Waals surface area contributed by atoms with E-state index in [4.69, 9.17) is 9.72 Å². The number of aryl methyl sites for hydroxylation is 1. The molecule has 0 aliphatic rings. The molecule has 0 N–H and O–H groups in total. The molecule has 2 heterocycles. The molecule has 150 valence electrons. The van der Waals surface area contributed by atoms with Gasteiger partial charge in [-0.15, -0.1) is 0 Å². The van der Waals surface area contributed by atoms with Crippen LogP contribution in [0.1, 0.15) is 31.3 Å². The number of benzene rings is 1. The van der Waals surface area contributed by atoms with Crippen molar-refractivity contribution in [1.29, 1.82) is 0 Å². The Morgan fingerprint density at radius 2 is 1.96 bits per heavy atom. The highest BCUT2D eigenvalue weighted by molar-refractivity contribution is 7.22. The summed E-state index contributed by atoms with van der Waals surface area (Å²) in [5, 5.41) is 4.83. The lowest BCUT2D eigenvalue weighted by molar-refractivity contribution is 0.0974. The van der Waals surface area contributed by atoms with E-state index in [2.05, 4.69) is 23.8 Å². The standard InChI is InChI=1S/C20H27N5O2S/c1-5-24(6-2)13-14-25(19(26)15-11-12-21-23(15)4)20-22-18-16(27-7-3)9-8-10-17(18)28-20/h8-12H,5-7,13-14H2,1-4H3. The Kier molecular flexibility index (Phi) is 6.64. The number of fused-ring (bicyclic) bond motifs is 1. The van der Waals surface area contributed by atoms with Gasteiger partial charge in [-0.2, -0.15) is 5.10 Å². The predicted octanol–water partition coefficient (Wildman–Crippen LogP) is 3.42. The van der Waals surface area contributed by atoms with Gasteiger partial charge in [0.25, 0.3) is 5.91 Å². The Hall–Kier alpha value is -2.45. The minimum Gasteiger partial charge on any atom is -0.492 e. The van der Waals surface area contributed by atoms with Gasteiger partial charge in [0.05, 0.1) is 11.3 Å². The van der Waals surface area contributed by atoms with Crippen LogP contribution in [-0.4, -0.2) is 58.4 Å². The number of thiazole rings is 1. The molecule has 2 aromatic heterocycles. The van der Waals surface area contributed by atoms with Gasteiger partial charge in [0.1, 0.15) is 17.0 Å². The van der Waals surface area contributed by atoms with Crippen molar-refractivity contribution in [2.24, 2.45) is 7.05 Å². The van der Waals surface area contributed by atoms with Crippen LogP contribution in [0.15, 0.2) is 30.5 Å². The van der Waals surface area contributed by atoms with E-state index in [1.807, 2.05) is 25.1 Å². The lowest BCUT2D eigenvalue weighted by atomic mass is 10.3. The summed E-state index contributed by atoms with van der Waals surface area (Å²) in [6.45, 7) is 10.0. The van der Waals surface area contributed by atoms with Gasteiger partial charge in [-0.3, -0.25) is 14.4 Å². The molecule has 0 unspecified atom stereocenters. The molecular formula is C20H27N5O2S. The van der Waals surface area contributed by atoms with Crippen molar-refractivity contribution in [2.45, 2.75) is 20.8 Å². The van der Waals surface area contributed by atoms with Gasteiger partial charge in [-0.05, 0) is 38.2 Å². The molecule has 0 saturated heterocycles. The zero-order valence-electron chi connectivity index (χ0n) is 16.9. The van der Waals surface area contributed by atoms with E-state index in [-0.39, 0.29) is 5.91 Å². The first kappa shape index (κ1) is 20.3. The maximum Gasteiger partial charge on any atom is 0.278 e. The van der Waals surface area contributed by atoms with Crippen LogP contribution in [0.2, 0.25) is 0 Å². The average molecular weight is 402 g/mol. The van der Waals surface area contributed by atoms with Crippen LogP contribution in [-0.2, 0) is 7.05 Å². The van der Waals surface area contributed by atoms with Crippen molar-refractivity contribution < 1.29 is 9.53 Å². The van der Waals surface area contributed by atoms with Crippen LogP contribution in [0.4, 0.5) is 5.13 Å². The van der Waals surface area contributed by atoms with Crippen LogP contribution in [0.5, 0.6) is 5.75 Å². The van der Waals surface area contributed by atoms with Crippen LogP contribution < -0.4 is 9.64 Å². The van der Waals surface area contributed by atoms with Gasteiger partial charge in [0.15, 0.2) is 5.13 Å². The molecule has 1 amide bonds. The molecule has 3 aromatic rings. The first-order valence-electron chi connectivity index (χ1n) is 9.63. The monoisotopic (exact) mass is 401 g/mol. The summed E-state index contributed by atoms with van der Waals surface area (Å²) < 4.78 is 8.32. The van der Waals surface area contributed by atoms with Crippen LogP contribution in [0.25, 0.3) is 10.2 Å². The molecule has 0 bridgehead atoms. The first-order valence-corrected chi connectivity index (χ1v) is 10.4. The molecule has 0 spiro atoms. The number of anilines is 1. The lowest BCUT2D eigenvalue weighted by Gasteiger charge is -2.24. The topological polar surface area (TPSA) is 63.5 Å². The second kappa shape index (κ2) is 9.16. The third-order valence-electron chi connectivity index (χ3n) is 4.72. The second-order valence-corrected chi connectivity index (χ2v) is 7.37. The molecule has 28 heavy (non-hydrogen) atoms. The highest BCUT2D eigenvalue weighted by Crippen LogP contribution is 2.34. The number of carbonyl (C=O) groups is 1. The molecule has 7 nitrogen and oxygen atoms in total. The van der Waals surface area contributed by atoms with Crippen LogP contribution in [0, 0.1) is 0 Å². The predicted molar refractivity (Wildman–Crippen MR) is 113 cm³/mol. The maximum absolute atomic E-state index is 13.3. The number of para-hydroxylation sites is 1. The van der Waals surface area contributed by atoms with E-state index in [9.17, 15) is 4.79 Å². The third-order valence-corrected chi connectivity index (χ3v) is 5.76. The van der Waals surface area contributed by atoms with E-state index >= 15 is 0 Å². The van der Waals surface area contributed by atoms with Gasteiger partial charge in [-0.1, -0.05) is 31.3 Å². The molecule has 1 aromatic carbocycles. The molecule has 0 aliphatic heterocycles. The van der Waals surface area contributed by atoms with Gasteiger partial charge in [-0.25, -0.2) is 4.98 Å². The van der Waals surface area contributed by atoms with Gasteiger partial charge in [0.2, 0.25) is 0 Å². The number of nitrogens with zero attached hydrogens (tertiary/aromatic N) is 5. The molecule has 0 aliphatic carbocycles. The van der Waals surface area contributed by atoms with Crippen molar-refractivity contribution in [3.63, 3.8) is 0 Å². The molecule has 0 radical (unpaired) electrons. The SMILES string of the molecule is CCOc1cccc2sc(N(CCN(CC)CC)C(=O)c3ccnn3C)nc12. The Morgan fingerprint density at radius 1 is 1.18 bits per heavy atom. The number of likely N-dealkylation sites (N-methyl/N-ethyl adjacent to an activating group) is 1. The number of amides is 1. The maximum atomic E-state index is 13.3. The highest BCUT2D eigenvalue weighted by Gasteiger charge is 2.24. The minimum absolute atomic E-state index is 0.0934. The molecule has 3 rings (SSSR count). The van der Waals surface area contributed by atoms with E-state index in [1.165, 1.54) is 11.3 Å². The second-order valence-electron chi connectivity index (χ2n) is 6.36. The average Bonchev–Trinajstić information content (AvgIpc) is 3.32. The first-order chi connectivity index (χ1) is 13.6. The summed E-state index contributed by atoms with van der Waals surface area (Å²) in [4.78, 5) is 22.1. The summed E-state index contributed by atoms with van der Waals surface area (Å²) >= 11 is 1.51. The highest BCUT2D eigenvalue weighted by atomic mass is 32.1. The molecular weight excluding hydrogens is 374 g/mol. The van der Waals surface area contributed by atoms with E-state index in [0.29, 0.717) is 24.0 Å². The fourth-order valence-corrected chi connectivity index (χ4v) is 4.09. The van der Waals surface area contributed by atoms with Gasteiger partial charge in [0, 0.05) is 26.3 Å². The number of hydrogen-bond donors (Lipinski definition) is 0. The summed E-state index contributed by atoms with van der Waals surface area (Å²) in [7, 11) is 1.78. The zero-order chi connectivity index (χ0) is 20.1. The summed E-state index contributed by atoms with van der Waals surface area (Å²) in [6.07, 6.45) is 1.64. The number of hydrogen-bond acceptors (Lipinski definition) is 6. The number of aromatic nitrogens is 3. The van der Waals surface area contributed by atoms with E-state index in [1.54, 1.807) is 28.9 Å². The quantitative estimate of drug-likeness (QED) is 0.550. The molecule has 8 heteroatoms. The Morgan fingerprint density at radius 3 is 2.61 bits per heavy atom. The molecule has 0 saturated carbocycles. The Bertz CT molecular complexity index is 932.